The molecule has 0 N–H and O–H groups in total. The first-order valence-electron chi connectivity index (χ1n) is 8.66. The Morgan fingerprint density at radius 2 is 1.82 bits per heavy atom. The Bertz CT molecular complexity index is 1040. The van der Waals surface area contributed by atoms with Gasteiger partial charge in [0.05, 0.1) is 24.6 Å². The van der Waals surface area contributed by atoms with E-state index in [2.05, 4.69) is 0 Å². The lowest BCUT2D eigenvalue weighted by Gasteiger charge is -2.16. The monoisotopic (exact) mass is 403 g/mol. The van der Waals surface area contributed by atoms with Crippen LogP contribution < -0.4 is 9.04 Å². The van der Waals surface area contributed by atoms with Crippen molar-refractivity contribution in [3.05, 3.63) is 58.7 Å². The van der Waals surface area contributed by atoms with Gasteiger partial charge in [0.25, 0.3) is 0 Å². The molecule has 0 aliphatic carbocycles. The van der Waals surface area contributed by atoms with E-state index in [9.17, 15) is 18.0 Å². The van der Waals surface area contributed by atoms with E-state index >= 15 is 0 Å². The van der Waals surface area contributed by atoms with Gasteiger partial charge in [0.15, 0.2) is 5.78 Å². The zero-order chi connectivity index (χ0) is 20.5. The van der Waals surface area contributed by atoms with E-state index < -0.39 is 16.0 Å². The lowest BCUT2D eigenvalue weighted by Crippen LogP contribution is -2.27. The fourth-order valence-corrected chi connectivity index (χ4v) is 4.14. The highest BCUT2D eigenvalue weighted by atomic mass is 32.2. The summed E-state index contributed by atoms with van der Waals surface area (Å²) in [7, 11) is -1.84. The second kappa shape index (κ2) is 7.63. The van der Waals surface area contributed by atoms with Crippen LogP contribution in [0.5, 0.6) is 5.75 Å². The summed E-state index contributed by atoms with van der Waals surface area (Å²) in [6, 6.07) is 9.79. The van der Waals surface area contributed by atoms with Crippen LogP contribution in [0.3, 0.4) is 0 Å². The molecule has 0 amide bonds. The number of sulfonamides is 1. The number of ketones is 1. The van der Waals surface area contributed by atoms with Gasteiger partial charge in [0.1, 0.15) is 12.4 Å². The number of carbonyl (C=O) groups is 2. The van der Waals surface area contributed by atoms with Crippen molar-refractivity contribution in [2.24, 2.45) is 0 Å². The van der Waals surface area contributed by atoms with Crippen molar-refractivity contribution in [2.75, 3.05) is 24.2 Å². The number of rotatable bonds is 6. The number of anilines is 1. The molecule has 1 aliphatic rings. The molecule has 0 atom stereocenters. The van der Waals surface area contributed by atoms with Gasteiger partial charge in [-0.2, -0.15) is 0 Å². The molecule has 0 saturated heterocycles. The van der Waals surface area contributed by atoms with Gasteiger partial charge < -0.3 is 9.47 Å². The highest BCUT2D eigenvalue weighted by molar-refractivity contribution is 7.92. The normalized spacial score (nSPS) is 13.2. The molecule has 3 rings (SSSR count). The van der Waals surface area contributed by atoms with E-state index in [1.165, 1.54) is 18.3 Å². The molecule has 0 bridgehead atoms. The van der Waals surface area contributed by atoms with Crippen molar-refractivity contribution in [3.63, 3.8) is 0 Å². The average molecular weight is 403 g/mol. The van der Waals surface area contributed by atoms with E-state index in [-0.39, 0.29) is 12.4 Å². The molecular formula is C20H21NO6S. The first kappa shape index (κ1) is 19.9. The maximum Gasteiger partial charge on any atom is 0.338 e. The molecule has 1 aliphatic heterocycles. The minimum atomic E-state index is -3.34. The Labute approximate surface area is 163 Å². The van der Waals surface area contributed by atoms with E-state index in [1.54, 1.807) is 36.4 Å². The lowest BCUT2D eigenvalue weighted by molar-refractivity contribution is 0.0470. The first-order chi connectivity index (χ1) is 13.2. The Kier molecular flexibility index (Phi) is 5.42. The first-order valence-corrected chi connectivity index (χ1v) is 10.5. The number of carbonyl (C=O) groups excluding carboxylic acids is 2. The highest BCUT2D eigenvalue weighted by Gasteiger charge is 2.27. The highest BCUT2D eigenvalue weighted by Crippen LogP contribution is 2.31. The van der Waals surface area contributed by atoms with Crippen LogP contribution in [0.25, 0.3) is 0 Å². The van der Waals surface area contributed by atoms with Crippen LogP contribution in [-0.2, 0) is 27.8 Å². The van der Waals surface area contributed by atoms with Gasteiger partial charge in [-0.05, 0) is 55.3 Å². The molecule has 1 heterocycles. The summed E-state index contributed by atoms with van der Waals surface area (Å²) in [4.78, 5) is 24.0. The maximum absolute atomic E-state index is 12.5. The van der Waals surface area contributed by atoms with E-state index in [0.717, 1.165) is 11.8 Å². The van der Waals surface area contributed by atoms with Crippen LogP contribution in [0.15, 0.2) is 36.4 Å². The van der Waals surface area contributed by atoms with Crippen molar-refractivity contribution < 1.29 is 27.5 Å². The summed E-state index contributed by atoms with van der Waals surface area (Å²) in [6.45, 7) is 1.78. The number of hydrogen-bond donors (Lipinski definition) is 0. The number of ether oxygens (including phenoxy) is 2. The molecular weight excluding hydrogens is 382 g/mol. The number of hydrogen-bond acceptors (Lipinski definition) is 6. The summed E-state index contributed by atoms with van der Waals surface area (Å²) in [5.74, 6) is -0.101. The van der Waals surface area contributed by atoms with E-state index in [4.69, 9.17) is 9.47 Å². The van der Waals surface area contributed by atoms with Gasteiger partial charge in [0.2, 0.25) is 10.0 Å². The number of fused-ring (bicyclic) bond motifs is 1. The van der Waals surface area contributed by atoms with Gasteiger partial charge in [-0.15, -0.1) is 0 Å². The van der Waals surface area contributed by atoms with Crippen molar-refractivity contribution in [2.45, 2.75) is 20.0 Å². The van der Waals surface area contributed by atoms with E-state index in [0.29, 0.717) is 41.1 Å². The number of benzene rings is 2. The summed E-state index contributed by atoms with van der Waals surface area (Å²) >= 11 is 0. The predicted octanol–water partition coefficient (Wildman–Crippen LogP) is 2.58. The molecule has 0 radical (unpaired) electrons. The SMILES string of the molecule is COc1ccc(C(C)=O)cc1COC(=O)c1ccc2c(c1)CCN2S(C)(=O)=O. The average Bonchev–Trinajstić information content (AvgIpc) is 3.09. The molecule has 7 nitrogen and oxygen atoms in total. The van der Waals surface area contributed by atoms with Gasteiger partial charge in [0, 0.05) is 17.7 Å². The minimum Gasteiger partial charge on any atom is -0.496 e. The Hall–Kier alpha value is -2.87. The molecule has 8 heteroatoms. The van der Waals surface area contributed by atoms with Crippen LogP contribution in [0.1, 0.15) is 38.8 Å². The van der Waals surface area contributed by atoms with Gasteiger partial charge >= 0.3 is 5.97 Å². The Balaban J connectivity index is 1.76. The lowest BCUT2D eigenvalue weighted by atomic mass is 10.1. The molecule has 148 valence electrons. The number of esters is 1. The zero-order valence-corrected chi connectivity index (χ0v) is 16.7. The molecule has 0 aromatic heterocycles. The second-order valence-corrected chi connectivity index (χ2v) is 8.49. The van der Waals surface area contributed by atoms with E-state index in [1.807, 2.05) is 0 Å². The zero-order valence-electron chi connectivity index (χ0n) is 15.9. The molecule has 0 saturated carbocycles. The quantitative estimate of drug-likeness (QED) is 0.544. The fraction of sp³-hybridized carbons (Fsp3) is 0.300. The van der Waals surface area contributed by atoms with Gasteiger partial charge in [-0.25, -0.2) is 13.2 Å². The van der Waals surface area contributed by atoms with Gasteiger partial charge in [-0.1, -0.05) is 0 Å². The maximum atomic E-state index is 12.5. The summed E-state index contributed by atoms with van der Waals surface area (Å²) < 4.78 is 35.6. The number of Topliss-reactive ketones (excluding diaryl/α,β-unsaturated/α-hetero) is 1. The Morgan fingerprint density at radius 1 is 1.11 bits per heavy atom. The molecule has 0 fully saturated rings. The van der Waals surface area contributed by atoms with Crippen LogP contribution in [0, 0.1) is 0 Å². The molecule has 28 heavy (non-hydrogen) atoms. The Morgan fingerprint density at radius 3 is 2.46 bits per heavy atom. The summed E-state index contributed by atoms with van der Waals surface area (Å²) in [5.41, 5.74) is 2.82. The van der Waals surface area contributed by atoms with Crippen LogP contribution in [-0.4, -0.2) is 40.1 Å². The van der Waals surface area contributed by atoms with Crippen LogP contribution in [0.2, 0.25) is 0 Å². The topological polar surface area (TPSA) is 90.0 Å². The van der Waals surface area contributed by atoms with Crippen molar-refractivity contribution in [1.29, 1.82) is 0 Å². The molecule has 2 aromatic rings. The van der Waals surface area contributed by atoms with Gasteiger partial charge in [-0.3, -0.25) is 9.10 Å². The van der Waals surface area contributed by atoms with Crippen molar-refractivity contribution >= 4 is 27.5 Å². The molecule has 0 unspecified atom stereocenters. The smallest absolute Gasteiger partial charge is 0.338 e. The summed E-state index contributed by atoms with van der Waals surface area (Å²) in [5, 5.41) is 0. The number of nitrogens with zero attached hydrogens (tertiary/aromatic N) is 1. The third-order valence-corrected chi connectivity index (χ3v) is 5.79. The fourth-order valence-electron chi connectivity index (χ4n) is 3.18. The van der Waals surface area contributed by atoms with Crippen molar-refractivity contribution in [1.82, 2.24) is 0 Å². The molecule has 0 spiro atoms. The largest absolute Gasteiger partial charge is 0.496 e. The van der Waals surface area contributed by atoms with Crippen LogP contribution in [0.4, 0.5) is 5.69 Å². The standard InChI is InChI=1S/C20H21NO6S/c1-13(22)14-5-7-19(26-2)17(10-14)12-27-20(23)16-4-6-18-15(11-16)8-9-21(18)28(3,24)25/h4-7,10-11H,8-9,12H2,1-3H3. The molecule has 2 aromatic carbocycles. The minimum absolute atomic E-state index is 0.0460. The van der Waals surface area contributed by atoms with Crippen molar-refractivity contribution in [3.8, 4) is 5.75 Å². The predicted molar refractivity (Wildman–Crippen MR) is 104 cm³/mol. The third kappa shape index (κ3) is 4.01. The second-order valence-electron chi connectivity index (χ2n) is 6.59. The number of methoxy groups -OCH3 is 1. The van der Waals surface area contributed by atoms with Crippen LogP contribution >= 0.6 is 0 Å². The summed E-state index contributed by atoms with van der Waals surface area (Å²) in [6.07, 6.45) is 1.70. The third-order valence-electron chi connectivity index (χ3n) is 4.61.